The van der Waals surface area contributed by atoms with Crippen LogP contribution < -0.4 is 5.32 Å². The Balaban J connectivity index is 1.83. The molecule has 1 aliphatic heterocycles. The number of aryl methyl sites for hydroxylation is 1. The Hall–Kier alpha value is -0.860. The van der Waals surface area contributed by atoms with Gasteiger partial charge in [0, 0.05) is 12.6 Å². The molecule has 1 spiro atoms. The Morgan fingerprint density at radius 2 is 2.10 bits per heavy atom. The molecule has 0 radical (unpaired) electrons. The topological polar surface area (TPSA) is 21.3 Å². The zero-order valence-electron chi connectivity index (χ0n) is 13.5. The van der Waals surface area contributed by atoms with Crippen molar-refractivity contribution in [2.24, 2.45) is 5.92 Å². The van der Waals surface area contributed by atoms with Gasteiger partial charge in [-0.3, -0.25) is 0 Å². The van der Waals surface area contributed by atoms with E-state index in [0.29, 0.717) is 12.0 Å². The van der Waals surface area contributed by atoms with E-state index in [4.69, 9.17) is 4.74 Å². The summed E-state index contributed by atoms with van der Waals surface area (Å²) in [5, 5.41) is 3.77. The molecule has 1 N–H and O–H groups in total. The van der Waals surface area contributed by atoms with Crippen LogP contribution in [0.2, 0.25) is 0 Å². The average Bonchev–Trinajstić information content (AvgIpc) is 2.51. The van der Waals surface area contributed by atoms with Gasteiger partial charge in [-0.15, -0.1) is 0 Å². The molecule has 3 rings (SSSR count). The van der Waals surface area contributed by atoms with Gasteiger partial charge < -0.3 is 10.1 Å². The minimum absolute atomic E-state index is 0.234. The number of nitrogens with one attached hydrogen (secondary N) is 1. The first-order chi connectivity index (χ1) is 10.3. The summed E-state index contributed by atoms with van der Waals surface area (Å²) in [6, 6.07) is 9.47. The smallest absolute Gasteiger partial charge is 0.0686 e. The second-order valence-electron chi connectivity index (χ2n) is 6.73. The van der Waals surface area contributed by atoms with E-state index in [1.807, 2.05) is 0 Å². The molecule has 1 aliphatic carbocycles. The summed E-state index contributed by atoms with van der Waals surface area (Å²) in [7, 11) is 0. The lowest BCUT2D eigenvalue weighted by molar-refractivity contribution is -0.147. The maximum absolute atomic E-state index is 6.12. The highest BCUT2D eigenvalue weighted by Crippen LogP contribution is 2.47. The first-order valence-electron chi connectivity index (χ1n) is 8.73. The van der Waals surface area contributed by atoms with Crippen molar-refractivity contribution >= 4 is 0 Å². The fraction of sp³-hybridized carbons (Fsp3) is 0.684. The highest BCUT2D eigenvalue weighted by Gasteiger charge is 2.44. The van der Waals surface area contributed by atoms with E-state index in [0.717, 1.165) is 19.6 Å². The van der Waals surface area contributed by atoms with Gasteiger partial charge in [0.2, 0.25) is 0 Å². The summed E-state index contributed by atoms with van der Waals surface area (Å²) in [4.78, 5) is 0. The molecule has 2 nitrogen and oxygen atoms in total. The molecule has 1 aromatic carbocycles. The lowest BCUT2D eigenvalue weighted by atomic mass is 9.69. The fourth-order valence-corrected chi connectivity index (χ4v) is 4.18. The summed E-state index contributed by atoms with van der Waals surface area (Å²) in [6.07, 6.45) is 7.45. The molecular weight excluding hydrogens is 258 g/mol. The van der Waals surface area contributed by atoms with Crippen LogP contribution in [0.15, 0.2) is 24.3 Å². The predicted octanol–water partition coefficient (Wildman–Crippen LogP) is 4.25. The van der Waals surface area contributed by atoms with Crippen molar-refractivity contribution in [2.45, 2.75) is 64.0 Å². The van der Waals surface area contributed by atoms with Gasteiger partial charge in [-0.05, 0) is 62.1 Å². The predicted molar refractivity (Wildman–Crippen MR) is 87.5 cm³/mol. The normalized spacial score (nSPS) is 25.5. The van der Waals surface area contributed by atoms with Crippen LogP contribution in [0.5, 0.6) is 0 Å². The third-order valence-electron chi connectivity index (χ3n) is 5.46. The van der Waals surface area contributed by atoms with Gasteiger partial charge in [0.05, 0.1) is 5.60 Å². The van der Waals surface area contributed by atoms with Crippen LogP contribution in [0.4, 0.5) is 0 Å². The van der Waals surface area contributed by atoms with Gasteiger partial charge in [0.1, 0.15) is 0 Å². The zero-order valence-corrected chi connectivity index (χ0v) is 13.5. The molecular formula is C19H29NO. The van der Waals surface area contributed by atoms with Crippen molar-refractivity contribution in [3.05, 3.63) is 35.4 Å². The number of ether oxygens (including phenoxy) is 1. The van der Waals surface area contributed by atoms with Crippen molar-refractivity contribution in [1.29, 1.82) is 0 Å². The van der Waals surface area contributed by atoms with Crippen LogP contribution in [0.25, 0.3) is 0 Å². The minimum Gasteiger partial charge on any atom is -0.375 e. The van der Waals surface area contributed by atoms with E-state index < -0.39 is 0 Å². The largest absolute Gasteiger partial charge is 0.375 e. The van der Waals surface area contributed by atoms with Gasteiger partial charge in [0.15, 0.2) is 0 Å². The standard InChI is InChI=1S/C19H29NO/c1-3-15-8-5-6-9-17(15)18(20-4-2)16-10-13-21-19(14-16)11-7-12-19/h5-6,8-9,16,18,20H,3-4,7,10-14H2,1-2H3. The highest BCUT2D eigenvalue weighted by atomic mass is 16.5. The minimum atomic E-state index is 0.234. The lowest BCUT2D eigenvalue weighted by Crippen LogP contribution is -2.48. The maximum Gasteiger partial charge on any atom is 0.0686 e. The monoisotopic (exact) mass is 287 g/mol. The zero-order chi connectivity index (χ0) is 14.7. The molecule has 116 valence electrons. The second kappa shape index (κ2) is 6.50. The molecule has 0 aromatic heterocycles. The SMILES string of the molecule is CCNC(c1ccccc1CC)C1CCOC2(CCC2)C1. The number of rotatable bonds is 5. The van der Waals surface area contributed by atoms with E-state index in [-0.39, 0.29) is 5.60 Å². The summed E-state index contributed by atoms with van der Waals surface area (Å²) in [6.45, 7) is 6.47. The van der Waals surface area contributed by atoms with Crippen molar-refractivity contribution in [3.63, 3.8) is 0 Å². The van der Waals surface area contributed by atoms with E-state index >= 15 is 0 Å². The first kappa shape index (κ1) is 15.1. The molecule has 1 heterocycles. The Labute approximate surface area is 129 Å². The molecule has 2 heteroatoms. The van der Waals surface area contributed by atoms with Crippen LogP contribution in [0.3, 0.4) is 0 Å². The van der Waals surface area contributed by atoms with Gasteiger partial charge in [0.25, 0.3) is 0 Å². The van der Waals surface area contributed by atoms with Gasteiger partial charge in [-0.2, -0.15) is 0 Å². The lowest BCUT2D eigenvalue weighted by Gasteiger charge is -2.49. The van der Waals surface area contributed by atoms with E-state index in [1.165, 1.54) is 43.2 Å². The molecule has 21 heavy (non-hydrogen) atoms. The molecule has 1 aromatic rings. The van der Waals surface area contributed by atoms with Crippen LogP contribution in [-0.2, 0) is 11.2 Å². The highest BCUT2D eigenvalue weighted by molar-refractivity contribution is 5.31. The van der Waals surface area contributed by atoms with Gasteiger partial charge >= 0.3 is 0 Å². The van der Waals surface area contributed by atoms with Crippen LogP contribution in [-0.4, -0.2) is 18.8 Å². The molecule has 0 bridgehead atoms. The quantitative estimate of drug-likeness (QED) is 0.874. The van der Waals surface area contributed by atoms with Gasteiger partial charge in [-0.1, -0.05) is 38.1 Å². The summed E-state index contributed by atoms with van der Waals surface area (Å²) >= 11 is 0. The molecule has 2 unspecified atom stereocenters. The van der Waals surface area contributed by atoms with Crippen LogP contribution >= 0.6 is 0 Å². The van der Waals surface area contributed by atoms with E-state index in [1.54, 1.807) is 0 Å². The summed E-state index contributed by atoms with van der Waals surface area (Å²) < 4.78 is 6.12. The molecule has 2 atom stereocenters. The third kappa shape index (κ3) is 3.02. The Morgan fingerprint density at radius 3 is 2.76 bits per heavy atom. The number of benzene rings is 1. The first-order valence-corrected chi connectivity index (χ1v) is 8.73. The van der Waals surface area contributed by atoms with Crippen molar-refractivity contribution in [3.8, 4) is 0 Å². The second-order valence-corrected chi connectivity index (χ2v) is 6.73. The van der Waals surface area contributed by atoms with Crippen molar-refractivity contribution in [2.75, 3.05) is 13.2 Å². The summed E-state index contributed by atoms with van der Waals surface area (Å²) in [5.41, 5.74) is 3.25. The summed E-state index contributed by atoms with van der Waals surface area (Å²) in [5.74, 6) is 0.715. The molecule has 0 amide bonds. The fourth-order valence-electron chi connectivity index (χ4n) is 4.18. The van der Waals surface area contributed by atoms with Crippen LogP contribution in [0, 0.1) is 5.92 Å². The van der Waals surface area contributed by atoms with Gasteiger partial charge in [-0.25, -0.2) is 0 Å². The van der Waals surface area contributed by atoms with E-state index in [9.17, 15) is 0 Å². The average molecular weight is 287 g/mol. The Morgan fingerprint density at radius 1 is 1.29 bits per heavy atom. The van der Waals surface area contributed by atoms with E-state index in [2.05, 4.69) is 43.4 Å². The maximum atomic E-state index is 6.12. The Bertz CT molecular complexity index is 466. The number of hydrogen-bond donors (Lipinski definition) is 1. The molecule has 2 aliphatic rings. The third-order valence-corrected chi connectivity index (χ3v) is 5.46. The van der Waals surface area contributed by atoms with Crippen molar-refractivity contribution < 1.29 is 4.74 Å². The molecule has 1 saturated heterocycles. The molecule has 2 fully saturated rings. The Kier molecular flexibility index (Phi) is 4.66. The number of hydrogen-bond acceptors (Lipinski definition) is 2. The molecule has 1 saturated carbocycles. The van der Waals surface area contributed by atoms with Crippen LogP contribution in [0.1, 0.15) is 63.1 Å². The van der Waals surface area contributed by atoms with Crippen molar-refractivity contribution in [1.82, 2.24) is 5.32 Å².